The summed E-state index contributed by atoms with van der Waals surface area (Å²) >= 11 is 0. The Kier molecular flexibility index (Phi) is 6.29. The number of phenolic OH excluding ortho intramolecular Hbond substituents is 2. The van der Waals surface area contributed by atoms with Crippen LogP contribution in [0.2, 0.25) is 0 Å². The first-order valence-electron chi connectivity index (χ1n) is 14.0. The normalized spacial score (nSPS) is 17.1. The van der Waals surface area contributed by atoms with Crippen molar-refractivity contribution in [3.05, 3.63) is 96.1 Å². The molecule has 1 fully saturated rings. The molecular weight excluding hydrogens is 496 g/mol. The summed E-state index contributed by atoms with van der Waals surface area (Å²) in [5.74, 6) is 0.579. The van der Waals surface area contributed by atoms with Crippen molar-refractivity contribution in [1.82, 2.24) is 0 Å². The molecule has 2 aliphatic heterocycles. The van der Waals surface area contributed by atoms with E-state index in [2.05, 4.69) is 84.8 Å². The number of hydrogen-bond donors (Lipinski definition) is 4. The molecule has 0 unspecified atom stereocenters. The molecule has 0 radical (unpaired) electrons. The molecule has 1 aliphatic carbocycles. The number of rotatable bonds is 4. The molecule has 1 spiro atoms. The fourth-order valence-corrected chi connectivity index (χ4v) is 6.25. The van der Waals surface area contributed by atoms with Crippen LogP contribution in [0.4, 0.5) is 34.1 Å². The van der Waals surface area contributed by atoms with Crippen molar-refractivity contribution in [1.29, 1.82) is 0 Å². The van der Waals surface area contributed by atoms with Crippen LogP contribution in [-0.4, -0.2) is 37.4 Å². The predicted octanol–water partition coefficient (Wildman–Crippen LogP) is 7.48. The third-order valence-electron chi connectivity index (χ3n) is 8.45. The topological polar surface area (TPSA) is 71.0 Å². The molecule has 6 nitrogen and oxygen atoms in total. The number of phenols is 2. The first kappa shape index (κ1) is 25.9. The van der Waals surface area contributed by atoms with E-state index in [-0.39, 0.29) is 11.2 Å². The lowest BCUT2D eigenvalue weighted by Gasteiger charge is -2.19. The van der Waals surface area contributed by atoms with E-state index < -0.39 is 0 Å². The molecule has 40 heavy (non-hydrogen) atoms. The molecule has 0 amide bonds. The Morgan fingerprint density at radius 2 is 1.00 bits per heavy atom. The molecule has 7 rings (SSSR count). The number of nitrogens with zero attached hydrogens (tertiary/aromatic N) is 2. The van der Waals surface area contributed by atoms with Crippen LogP contribution in [0, 0.1) is 0 Å². The number of hydrogen-bond acceptors (Lipinski definition) is 6. The van der Waals surface area contributed by atoms with E-state index in [1.807, 2.05) is 24.3 Å². The van der Waals surface area contributed by atoms with Crippen LogP contribution in [0.15, 0.2) is 84.9 Å². The highest BCUT2D eigenvalue weighted by Gasteiger charge is 2.50. The average molecular weight is 535 g/mol. The van der Waals surface area contributed by atoms with Gasteiger partial charge in [0.15, 0.2) is 0 Å². The van der Waals surface area contributed by atoms with Crippen LogP contribution >= 0.6 is 0 Å². The van der Waals surface area contributed by atoms with E-state index >= 15 is 0 Å². The molecule has 2 heterocycles. The monoisotopic (exact) mass is 534 g/mol. The van der Waals surface area contributed by atoms with Crippen molar-refractivity contribution in [3.8, 4) is 11.5 Å². The first-order chi connectivity index (χ1) is 19.1. The molecular formula is C34H38N4O2. The number of nitrogens with one attached hydrogen (secondary N) is 2. The van der Waals surface area contributed by atoms with Gasteiger partial charge in [0.25, 0.3) is 0 Å². The molecule has 6 heteroatoms. The van der Waals surface area contributed by atoms with Gasteiger partial charge in [-0.25, -0.2) is 0 Å². The average Bonchev–Trinajstić information content (AvgIpc) is 3.60. The Bertz CT molecular complexity index is 1420. The zero-order valence-corrected chi connectivity index (χ0v) is 23.7. The molecule has 0 aromatic heterocycles. The highest BCUT2D eigenvalue weighted by molar-refractivity contribution is 5.72. The molecule has 206 valence electrons. The third kappa shape index (κ3) is 5.02. The number of anilines is 6. The fraction of sp³-hybridized carbons (Fsp3) is 0.294. The summed E-state index contributed by atoms with van der Waals surface area (Å²) < 4.78 is 0. The summed E-state index contributed by atoms with van der Waals surface area (Å²) in [7, 11) is 4.32. The molecule has 4 aromatic rings. The fourth-order valence-electron chi connectivity index (χ4n) is 6.25. The second-order valence-electron chi connectivity index (χ2n) is 12.2. The second kappa shape index (κ2) is 9.70. The molecule has 4 N–H and O–H groups in total. The minimum absolute atomic E-state index is 0.177. The van der Waals surface area contributed by atoms with Crippen molar-refractivity contribution in [3.63, 3.8) is 0 Å². The van der Waals surface area contributed by atoms with Crippen molar-refractivity contribution < 1.29 is 10.2 Å². The van der Waals surface area contributed by atoms with Gasteiger partial charge < -0.3 is 30.6 Å². The number of fused-ring (bicyclic) bond motifs is 3. The Morgan fingerprint density at radius 1 is 0.575 bits per heavy atom. The van der Waals surface area contributed by atoms with Crippen LogP contribution in [0.1, 0.15) is 37.8 Å². The number of aromatic hydroxyl groups is 2. The zero-order valence-electron chi connectivity index (χ0n) is 23.7. The lowest BCUT2D eigenvalue weighted by atomic mass is 9.87. The van der Waals surface area contributed by atoms with Gasteiger partial charge in [-0.15, -0.1) is 0 Å². The summed E-state index contributed by atoms with van der Waals surface area (Å²) in [6.45, 7) is 6.76. The first-order valence-corrected chi connectivity index (χ1v) is 14.0. The van der Waals surface area contributed by atoms with Crippen molar-refractivity contribution in [2.45, 2.75) is 37.5 Å². The summed E-state index contributed by atoms with van der Waals surface area (Å²) in [5, 5.41) is 25.4. The molecule has 4 aromatic carbocycles. The Balaban J connectivity index is 0.000000145. The van der Waals surface area contributed by atoms with Gasteiger partial charge in [0.1, 0.15) is 11.5 Å². The quantitative estimate of drug-likeness (QED) is 0.204. The minimum Gasteiger partial charge on any atom is -0.508 e. The van der Waals surface area contributed by atoms with Gasteiger partial charge in [0, 0.05) is 72.1 Å². The summed E-state index contributed by atoms with van der Waals surface area (Å²) in [4.78, 5) is 4.67. The lowest BCUT2D eigenvalue weighted by molar-refractivity contribution is 0.475. The maximum Gasteiger partial charge on any atom is 0.115 e. The summed E-state index contributed by atoms with van der Waals surface area (Å²) in [6, 6.07) is 27.4. The Labute approximate surface area is 236 Å². The largest absolute Gasteiger partial charge is 0.508 e. The maximum absolute atomic E-state index is 9.32. The van der Waals surface area contributed by atoms with Crippen molar-refractivity contribution in [2.24, 2.45) is 0 Å². The van der Waals surface area contributed by atoms with Gasteiger partial charge >= 0.3 is 0 Å². The molecule has 1 saturated carbocycles. The van der Waals surface area contributed by atoms with Gasteiger partial charge in [0.2, 0.25) is 0 Å². The SMILES string of the molecule is CN1CC(C)(C)c2cc(Nc3ccc(O)cc3)ccc21.CN1CC2(CC2)c2cc(Nc3ccc(O)cc3)ccc21. The van der Waals surface area contributed by atoms with Gasteiger partial charge in [-0.1, -0.05) is 13.8 Å². The minimum atomic E-state index is 0.177. The second-order valence-corrected chi connectivity index (χ2v) is 12.2. The van der Waals surface area contributed by atoms with E-state index in [0.717, 1.165) is 35.8 Å². The van der Waals surface area contributed by atoms with Crippen molar-refractivity contribution in [2.75, 3.05) is 47.6 Å². The van der Waals surface area contributed by atoms with Gasteiger partial charge in [-0.05, 0) is 109 Å². The highest BCUT2D eigenvalue weighted by Crippen LogP contribution is 2.56. The third-order valence-corrected chi connectivity index (χ3v) is 8.45. The molecule has 0 bridgehead atoms. The zero-order chi connectivity index (χ0) is 28.1. The maximum atomic E-state index is 9.32. The van der Waals surface area contributed by atoms with Crippen LogP contribution in [-0.2, 0) is 10.8 Å². The Morgan fingerprint density at radius 3 is 1.50 bits per heavy atom. The van der Waals surface area contributed by atoms with E-state index in [9.17, 15) is 10.2 Å². The van der Waals surface area contributed by atoms with Crippen LogP contribution in [0.25, 0.3) is 0 Å². The van der Waals surface area contributed by atoms with E-state index in [0.29, 0.717) is 11.2 Å². The van der Waals surface area contributed by atoms with Gasteiger partial charge in [-0.3, -0.25) is 0 Å². The molecule has 0 saturated heterocycles. The van der Waals surface area contributed by atoms with Gasteiger partial charge in [0.05, 0.1) is 0 Å². The van der Waals surface area contributed by atoms with Crippen molar-refractivity contribution >= 4 is 34.1 Å². The van der Waals surface area contributed by atoms with Crippen LogP contribution in [0.3, 0.4) is 0 Å². The number of likely N-dealkylation sites (N-methyl/N-ethyl adjacent to an activating group) is 2. The van der Waals surface area contributed by atoms with Crippen LogP contribution in [0.5, 0.6) is 11.5 Å². The molecule has 3 aliphatic rings. The number of benzene rings is 4. The van der Waals surface area contributed by atoms with E-state index in [1.165, 1.54) is 35.3 Å². The highest BCUT2D eigenvalue weighted by atomic mass is 16.3. The van der Waals surface area contributed by atoms with Crippen LogP contribution < -0.4 is 20.4 Å². The standard InChI is InChI=1S/C17H18N2O.C17H20N2O/c1-19-11-17(8-9-17)15-10-13(4-7-16(15)19)18-12-2-5-14(20)6-3-12;1-17(2)11-19(3)16-9-6-13(10-15(16)17)18-12-4-7-14(20)8-5-12/h2-7,10,18,20H,8-9,11H2,1H3;4-10,18,20H,11H2,1-3H3. The molecule has 0 atom stereocenters. The summed E-state index contributed by atoms with van der Waals surface area (Å²) in [6.07, 6.45) is 2.63. The van der Waals surface area contributed by atoms with E-state index in [1.54, 1.807) is 24.3 Å². The summed E-state index contributed by atoms with van der Waals surface area (Å²) in [5.41, 5.74) is 10.3. The lowest BCUT2D eigenvalue weighted by Crippen LogP contribution is -2.24. The predicted molar refractivity (Wildman–Crippen MR) is 166 cm³/mol. The Hall–Kier alpha value is -4.32. The van der Waals surface area contributed by atoms with E-state index in [4.69, 9.17) is 0 Å². The smallest absolute Gasteiger partial charge is 0.115 e. The van der Waals surface area contributed by atoms with Gasteiger partial charge in [-0.2, -0.15) is 0 Å².